The van der Waals surface area contributed by atoms with Crippen molar-refractivity contribution in [3.05, 3.63) is 53.8 Å². The van der Waals surface area contributed by atoms with Gasteiger partial charge in [0.25, 0.3) is 10.0 Å². The van der Waals surface area contributed by atoms with E-state index in [-0.39, 0.29) is 21.9 Å². The van der Waals surface area contributed by atoms with Crippen molar-refractivity contribution < 1.29 is 22.3 Å². The number of ether oxygens (including phenoxy) is 1. The second-order valence-corrected chi connectivity index (χ2v) is 6.25. The maximum atomic E-state index is 13.7. The molecule has 0 aliphatic heterocycles. The Labute approximate surface area is 133 Å². The molecule has 0 unspecified atom stereocenters. The third-order valence-corrected chi connectivity index (χ3v) is 4.33. The van der Waals surface area contributed by atoms with Crippen LogP contribution in [0.2, 0.25) is 0 Å². The van der Waals surface area contributed by atoms with Crippen LogP contribution >= 0.6 is 0 Å². The molecule has 0 heterocycles. The van der Waals surface area contributed by atoms with Gasteiger partial charge in [-0.3, -0.25) is 9.52 Å². The Bertz CT molecular complexity index is 820. The van der Waals surface area contributed by atoms with Crippen LogP contribution in [0.4, 0.5) is 10.1 Å². The van der Waals surface area contributed by atoms with Gasteiger partial charge in [-0.1, -0.05) is 0 Å². The summed E-state index contributed by atoms with van der Waals surface area (Å²) in [6.07, 6.45) is 0. The zero-order valence-corrected chi connectivity index (χ0v) is 13.1. The van der Waals surface area contributed by atoms with Gasteiger partial charge in [0.15, 0.2) is 11.6 Å². The van der Waals surface area contributed by atoms with E-state index >= 15 is 0 Å². The van der Waals surface area contributed by atoms with E-state index in [1.165, 1.54) is 36.4 Å². The van der Waals surface area contributed by atoms with E-state index in [0.29, 0.717) is 6.61 Å². The van der Waals surface area contributed by atoms with Crippen LogP contribution in [0.25, 0.3) is 0 Å². The Hall–Kier alpha value is -2.61. The SMILES string of the molecule is CCOc1ccc(NS(=O)(=O)c2ccc(C(N)=O)cc2)cc1F. The molecule has 0 aliphatic rings. The average Bonchev–Trinajstić information content (AvgIpc) is 2.50. The minimum absolute atomic E-state index is 0.0428. The lowest BCUT2D eigenvalue weighted by molar-refractivity contribution is 0.1000. The van der Waals surface area contributed by atoms with Gasteiger partial charge in [0.1, 0.15) is 0 Å². The molecule has 23 heavy (non-hydrogen) atoms. The summed E-state index contributed by atoms with van der Waals surface area (Å²) >= 11 is 0. The molecule has 8 heteroatoms. The molecule has 2 aromatic carbocycles. The lowest BCUT2D eigenvalue weighted by Crippen LogP contribution is -2.14. The highest BCUT2D eigenvalue weighted by Crippen LogP contribution is 2.23. The summed E-state index contributed by atoms with van der Waals surface area (Å²) in [5.41, 5.74) is 5.35. The Morgan fingerprint density at radius 1 is 1.22 bits per heavy atom. The van der Waals surface area contributed by atoms with Crippen molar-refractivity contribution in [3.8, 4) is 5.75 Å². The number of nitrogens with one attached hydrogen (secondary N) is 1. The molecule has 0 aliphatic carbocycles. The molecule has 0 atom stereocenters. The molecule has 2 aromatic rings. The first-order chi connectivity index (χ1) is 10.8. The van der Waals surface area contributed by atoms with Gasteiger partial charge in [-0.25, -0.2) is 12.8 Å². The van der Waals surface area contributed by atoms with Crippen LogP contribution in [0.1, 0.15) is 17.3 Å². The number of carbonyl (C=O) groups is 1. The lowest BCUT2D eigenvalue weighted by atomic mass is 10.2. The summed E-state index contributed by atoms with van der Waals surface area (Å²) in [5.74, 6) is -1.28. The first kappa shape index (κ1) is 16.8. The Balaban J connectivity index is 2.24. The van der Waals surface area contributed by atoms with E-state index < -0.39 is 21.7 Å². The highest BCUT2D eigenvalue weighted by atomic mass is 32.2. The number of sulfonamides is 1. The number of rotatable bonds is 6. The number of benzene rings is 2. The van der Waals surface area contributed by atoms with Crippen molar-refractivity contribution in [2.45, 2.75) is 11.8 Å². The molecule has 0 bridgehead atoms. The summed E-state index contributed by atoms with van der Waals surface area (Å²) in [6.45, 7) is 2.01. The lowest BCUT2D eigenvalue weighted by Gasteiger charge is -2.10. The predicted octanol–water partition coefficient (Wildman–Crippen LogP) is 2.12. The Morgan fingerprint density at radius 2 is 1.87 bits per heavy atom. The van der Waals surface area contributed by atoms with Gasteiger partial charge in [-0.2, -0.15) is 0 Å². The van der Waals surface area contributed by atoms with E-state index in [0.717, 1.165) is 6.07 Å². The van der Waals surface area contributed by atoms with Gasteiger partial charge in [0.05, 0.1) is 17.2 Å². The van der Waals surface area contributed by atoms with E-state index in [1.54, 1.807) is 6.92 Å². The van der Waals surface area contributed by atoms with Crippen molar-refractivity contribution >= 4 is 21.6 Å². The molecule has 0 saturated carbocycles. The van der Waals surface area contributed by atoms with E-state index in [4.69, 9.17) is 10.5 Å². The minimum Gasteiger partial charge on any atom is -0.491 e. The number of hydrogen-bond donors (Lipinski definition) is 2. The number of carbonyl (C=O) groups excluding carboxylic acids is 1. The smallest absolute Gasteiger partial charge is 0.261 e. The number of halogens is 1. The summed E-state index contributed by atoms with van der Waals surface area (Å²) in [6, 6.07) is 8.85. The average molecular weight is 338 g/mol. The van der Waals surface area contributed by atoms with Crippen molar-refractivity contribution in [3.63, 3.8) is 0 Å². The van der Waals surface area contributed by atoms with Crippen molar-refractivity contribution in [2.75, 3.05) is 11.3 Å². The van der Waals surface area contributed by atoms with Crippen LogP contribution in [-0.4, -0.2) is 20.9 Å². The second-order valence-electron chi connectivity index (χ2n) is 4.57. The normalized spacial score (nSPS) is 11.0. The third-order valence-electron chi connectivity index (χ3n) is 2.93. The number of amides is 1. The first-order valence-electron chi connectivity index (χ1n) is 6.68. The van der Waals surface area contributed by atoms with Crippen LogP contribution in [0.15, 0.2) is 47.4 Å². The number of primary amides is 1. The molecule has 3 N–H and O–H groups in total. The van der Waals surface area contributed by atoms with Crippen LogP contribution in [0, 0.1) is 5.82 Å². The maximum Gasteiger partial charge on any atom is 0.261 e. The van der Waals surface area contributed by atoms with Crippen LogP contribution < -0.4 is 15.2 Å². The summed E-state index contributed by atoms with van der Waals surface area (Å²) in [7, 11) is -3.91. The number of nitrogens with two attached hydrogens (primary N) is 1. The highest BCUT2D eigenvalue weighted by molar-refractivity contribution is 7.92. The predicted molar refractivity (Wildman–Crippen MR) is 83.3 cm³/mol. The fourth-order valence-corrected chi connectivity index (χ4v) is 2.90. The van der Waals surface area contributed by atoms with Crippen molar-refractivity contribution in [2.24, 2.45) is 5.73 Å². The standard InChI is InChI=1S/C15H15FN2O4S/c1-2-22-14-8-5-11(9-13(14)16)18-23(20,21)12-6-3-10(4-7-12)15(17)19/h3-9,18H,2H2,1H3,(H2,17,19). The van der Waals surface area contributed by atoms with Gasteiger partial charge >= 0.3 is 0 Å². The Kier molecular flexibility index (Phi) is 4.85. The zero-order chi connectivity index (χ0) is 17.0. The summed E-state index contributed by atoms with van der Waals surface area (Å²) in [4.78, 5) is 10.9. The number of anilines is 1. The second kappa shape index (κ2) is 6.66. The largest absolute Gasteiger partial charge is 0.491 e. The summed E-state index contributed by atoms with van der Waals surface area (Å²) < 4.78 is 45.5. The molecule has 0 radical (unpaired) electrons. The molecule has 0 aromatic heterocycles. The molecule has 6 nitrogen and oxygen atoms in total. The number of hydrogen-bond acceptors (Lipinski definition) is 4. The van der Waals surface area contributed by atoms with Gasteiger partial charge in [0, 0.05) is 11.6 Å². The molecule has 0 spiro atoms. The summed E-state index contributed by atoms with van der Waals surface area (Å²) in [5, 5.41) is 0. The van der Waals surface area contributed by atoms with Gasteiger partial charge in [-0.05, 0) is 43.3 Å². The van der Waals surface area contributed by atoms with Gasteiger partial charge < -0.3 is 10.5 Å². The third kappa shape index (κ3) is 3.98. The van der Waals surface area contributed by atoms with Crippen LogP contribution in [0.5, 0.6) is 5.75 Å². The fraction of sp³-hybridized carbons (Fsp3) is 0.133. The minimum atomic E-state index is -3.91. The molecule has 122 valence electrons. The van der Waals surface area contributed by atoms with Crippen molar-refractivity contribution in [1.29, 1.82) is 0 Å². The maximum absolute atomic E-state index is 13.7. The topological polar surface area (TPSA) is 98.5 Å². The first-order valence-corrected chi connectivity index (χ1v) is 8.17. The van der Waals surface area contributed by atoms with E-state index in [9.17, 15) is 17.6 Å². The van der Waals surface area contributed by atoms with E-state index in [1.807, 2.05) is 0 Å². The molecule has 0 fully saturated rings. The van der Waals surface area contributed by atoms with E-state index in [2.05, 4.69) is 4.72 Å². The van der Waals surface area contributed by atoms with Crippen LogP contribution in [-0.2, 0) is 10.0 Å². The molecular formula is C15H15FN2O4S. The quantitative estimate of drug-likeness (QED) is 0.843. The Morgan fingerprint density at radius 3 is 2.39 bits per heavy atom. The van der Waals surface area contributed by atoms with Gasteiger partial charge in [-0.15, -0.1) is 0 Å². The van der Waals surface area contributed by atoms with Crippen LogP contribution in [0.3, 0.4) is 0 Å². The van der Waals surface area contributed by atoms with Crippen molar-refractivity contribution in [1.82, 2.24) is 0 Å². The molecule has 1 amide bonds. The van der Waals surface area contributed by atoms with Gasteiger partial charge in [0.2, 0.25) is 5.91 Å². The molecule has 2 rings (SSSR count). The highest BCUT2D eigenvalue weighted by Gasteiger charge is 2.16. The molecular weight excluding hydrogens is 323 g/mol. The fourth-order valence-electron chi connectivity index (χ4n) is 1.85. The monoisotopic (exact) mass is 338 g/mol. The molecule has 0 saturated heterocycles. The zero-order valence-electron chi connectivity index (χ0n) is 12.2.